The molecule has 1 fully saturated rings. The average Bonchev–Trinajstić information content (AvgIpc) is 3.41. The van der Waals surface area contributed by atoms with Crippen LogP contribution in [0.2, 0.25) is 0 Å². The number of hydrogen-bond donors (Lipinski definition) is 1. The van der Waals surface area contributed by atoms with Gasteiger partial charge in [0.15, 0.2) is 0 Å². The standard InChI is InChI=1S/C28H29NO5S/c1-4-5-6-15-34-21-12-10-19(11-13-21)25(30)23-24(27-18(2)14-16-35-27)29(28(32)26(23)31)20-8-7-9-22(17-20)33-3/h7-14,16-17,24,30H,4-6,15H2,1-3H3/b25-23-. The van der Waals surface area contributed by atoms with E-state index in [0.717, 1.165) is 29.7 Å². The first kappa shape index (κ1) is 24.5. The van der Waals surface area contributed by atoms with Crippen molar-refractivity contribution in [2.75, 3.05) is 18.6 Å². The van der Waals surface area contributed by atoms with E-state index in [-0.39, 0.29) is 11.3 Å². The summed E-state index contributed by atoms with van der Waals surface area (Å²) in [5.74, 6) is -0.346. The molecule has 1 amide bonds. The zero-order chi connectivity index (χ0) is 24.9. The van der Waals surface area contributed by atoms with Gasteiger partial charge in [0.2, 0.25) is 0 Å². The van der Waals surface area contributed by atoms with Crippen molar-refractivity contribution in [3.05, 3.63) is 81.6 Å². The topological polar surface area (TPSA) is 76.1 Å². The Hall–Kier alpha value is -3.58. The molecule has 0 radical (unpaired) electrons. The van der Waals surface area contributed by atoms with Crippen LogP contribution in [-0.2, 0) is 9.59 Å². The molecule has 7 heteroatoms. The number of nitrogens with zero attached hydrogens (tertiary/aromatic N) is 1. The van der Waals surface area contributed by atoms with E-state index in [0.29, 0.717) is 29.4 Å². The minimum Gasteiger partial charge on any atom is -0.507 e. The lowest BCUT2D eigenvalue weighted by atomic mass is 9.98. The molecule has 1 atom stereocenters. The van der Waals surface area contributed by atoms with Crippen LogP contribution in [0.15, 0.2) is 65.6 Å². The lowest BCUT2D eigenvalue weighted by Crippen LogP contribution is -2.29. The molecule has 0 bridgehead atoms. The number of carbonyl (C=O) groups is 2. The third-order valence-corrected chi connectivity index (χ3v) is 7.14. The molecular formula is C28H29NO5S. The summed E-state index contributed by atoms with van der Waals surface area (Å²) in [6.45, 7) is 4.70. The van der Waals surface area contributed by atoms with E-state index in [1.165, 1.54) is 16.2 Å². The van der Waals surface area contributed by atoms with Gasteiger partial charge in [0, 0.05) is 22.2 Å². The van der Waals surface area contributed by atoms with Crippen LogP contribution in [0.3, 0.4) is 0 Å². The number of amides is 1. The van der Waals surface area contributed by atoms with Crippen LogP contribution in [0.4, 0.5) is 5.69 Å². The SMILES string of the molecule is CCCCCOc1ccc(/C(O)=C2/C(=O)C(=O)N(c3cccc(OC)c3)C2c2sccc2C)cc1. The van der Waals surface area contributed by atoms with Crippen LogP contribution in [0.1, 0.15) is 48.2 Å². The summed E-state index contributed by atoms with van der Waals surface area (Å²) in [6.07, 6.45) is 3.20. The molecule has 1 N–H and O–H groups in total. The highest BCUT2D eigenvalue weighted by Crippen LogP contribution is 2.45. The summed E-state index contributed by atoms with van der Waals surface area (Å²) < 4.78 is 11.1. The van der Waals surface area contributed by atoms with Crippen molar-refractivity contribution in [2.45, 2.75) is 39.2 Å². The maximum absolute atomic E-state index is 13.3. The predicted octanol–water partition coefficient (Wildman–Crippen LogP) is 6.26. The molecular weight excluding hydrogens is 462 g/mol. The zero-order valence-electron chi connectivity index (χ0n) is 20.1. The Labute approximate surface area is 209 Å². The molecule has 1 saturated heterocycles. The van der Waals surface area contributed by atoms with Crippen LogP contribution in [0.25, 0.3) is 5.76 Å². The number of aliphatic hydroxyl groups is 1. The summed E-state index contributed by atoms with van der Waals surface area (Å²) in [5, 5.41) is 13.2. The molecule has 0 spiro atoms. The van der Waals surface area contributed by atoms with Crippen LogP contribution in [0.5, 0.6) is 11.5 Å². The Balaban J connectivity index is 1.75. The monoisotopic (exact) mass is 491 g/mol. The zero-order valence-corrected chi connectivity index (χ0v) is 20.9. The summed E-state index contributed by atoms with van der Waals surface area (Å²) in [5.41, 5.74) is 1.99. The Morgan fingerprint density at radius 3 is 2.49 bits per heavy atom. The lowest BCUT2D eigenvalue weighted by molar-refractivity contribution is -0.132. The number of methoxy groups -OCH3 is 1. The van der Waals surface area contributed by atoms with E-state index in [4.69, 9.17) is 9.47 Å². The van der Waals surface area contributed by atoms with Gasteiger partial charge in [-0.25, -0.2) is 0 Å². The summed E-state index contributed by atoms with van der Waals surface area (Å²) >= 11 is 1.45. The highest BCUT2D eigenvalue weighted by Gasteiger charge is 2.48. The highest BCUT2D eigenvalue weighted by molar-refractivity contribution is 7.10. The van der Waals surface area contributed by atoms with E-state index in [9.17, 15) is 14.7 Å². The van der Waals surface area contributed by atoms with Crippen molar-refractivity contribution in [3.8, 4) is 11.5 Å². The minimum atomic E-state index is -0.743. The number of rotatable bonds is 9. The number of benzene rings is 2. The number of ether oxygens (including phenoxy) is 2. The number of unbranched alkanes of at least 4 members (excludes halogenated alkanes) is 2. The largest absolute Gasteiger partial charge is 0.507 e. The van der Waals surface area contributed by atoms with Crippen molar-refractivity contribution in [1.29, 1.82) is 0 Å². The number of hydrogen-bond acceptors (Lipinski definition) is 6. The maximum atomic E-state index is 13.3. The molecule has 0 saturated carbocycles. The second kappa shape index (κ2) is 10.8. The molecule has 182 valence electrons. The van der Waals surface area contributed by atoms with E-state index in [1.54, 1.807) is 55.6 Å². The first-order valence-electron chi connectivity index (χ1n) is 11.7. The lowest BCUT2D eigenvalue weighted by Gasteiger charge is -2.25. The second-order valence-electron chi connectivity index (χ2n) is 8.42. The number of aliphatic hydroxyl groups excluding tert-OH is 1. The average molecular weight is 492 g/mol. The third-order valence-electron chi connectivity index (χ3n) is 6.07. The summed E-state index contributed by atoms with van der Waals surface area (Å²) in [4.78, 5) is 28.8. The third kappa shape index (κ3) is 4.95. The Bertz CT molecular complexity index is 1240. The van der Waals surface area contributed by atoms with Gasteiger partial charge >= 0.3 is 0 Å². The number of aryl methyl sites for hydroxylation is 1. The highest BCUT2D eigenvalue weighted by atomic mass is 32.1. The first-order chi connectivity index (χ1) is 17.0. The van der Waals surface area contributed by atoms with Crippen LogP contribution < -0.4 is 14.4 Å². The van der Waals surface area contributed by atoms with Gasteiger partial charge in [-0.1, -0.05) is 25.8 Å². The molecule has 2 aromatic carbocycles. The number of ketones is 1. The van der Waals surface area contributed by atoms with Gasteiger partial charge in [-0.15, -0.1) is 11.3 Å². The van der Waals surface area contributed by atoms with Crippen molar-refractivity contribution in [3.63, 3.8) is 0 Å². The molecule has 35 heavy (non-hydrogen) atoms. The molecule has 1 aromatic heterocycles. The molecule has 6 nitrogen and oxygen atoms in total. The van der Waals surface area contributed by atoms with E-state index in [1.807, 2.05) is 18.4 Å². The number of thiophene rings is 1. The van der Waals surface area contributed by atoms with Gasteiger partial charge in [0.1, 0.15) is 23.3 Å². The fourth-order valence-electron chi connectivity index (χ4n) is 4.18. The van der Waals surface area contributed by atoms with Crippen LogP contribution in [0, 0.1) is 6.92 Å². The predicted molar refractivity (Wildman–Crippen MR) is 138 cm³/mol. The minimum absolute atomic E-state index is 0.0694. The molecule has 4 rings (SSSR count). The van der Waals surface area contributed by atoms with Gasteiger partial charge in [-0.3, -0.25) is 14.5 Å². The quantitative estimate of drug-likeness (QED) is 0.165. The second-order valence-corrected chi connectivity index (χ2v) is 9.37. The van der Waals surface area contributed by atoms with Gasteiger partial charge in [0.25, 0.3) is 11.7 Å². The number of carbonyl (C=O) groups excluding carboxylic acids is 2. The van der Waals surface area contributed by atoms with Crippen molar-refractivity contribution in [2.24, 2.45) is 0 Å². The normalized spacial score (nSPS) is 17.1. The number of Topliss-reactive ketones (excluding diaryl/α,β-unsaturated/α-hetero) is 1. The van der Waals surface area contributed by atoms with Crippen LogP contribution >= 0.6 is 11.3 Å². The fourth-order valence-corrected chi connectivity index (χ4v) is 5.20. The fraction of sp³-hybridized carbons (Fsp3) is 0.286. The maximum Gasteiger partial charge on any atom is 0.300 e. The summed E-state index contributed by atoms with van der Waals surface area (Å²) in [7, 11) is 1.55. The number of anilines is 1. The van der Waals surface area contributed by atoms with Crippen LogP contribution in [-0.4, -0.2) is 30.5 Å². The van der Waals surface area contributed by atoms with Crippen molar-refractivity contribution < 1.29 is 24.2 Å². The summed E-state index contributed by atoms with van der Waals surface area (Å²) in [6, 6.07) is 15.2. The van der Waals surface area contributed by atoms with E-state index in [2.05, 4.69) is 6.92 Å². The van der Waals surface area contributed by atoms with E-state index >= 15 is 0 Å². The molecule has 3 aromatic rings. The smallest absolute Gasteiger partial charge is 0.300 e. The van der Waals surface area contributed by atoms with E-state index < -0.39 is 17.7 Å². The molecule has 2 heterocycles. The van der Waals surface area contributed by atoms with Gasteiger partial charge < -0.3 is 14.6 Å². The van der Waals surface area contributed by atoms with Gasteiger partial charge in [0.05, 0.1) is 19.3 Å². The Kier molecular flexibility index (Phi) is 7.56. The molecule has 1 aliphatic rings. The van der Waals surface area contributed by atoms with Gasteiger partial charge in [-0.2, -0.15) is 0 Å². The Morgan fingerprint density at radius 1 is 1.06 bits per heavy atom. The Morgan fingerprint density at radius 2 is 1.83 bits per heavy atom. The molecule has 0 aliphatic carbocycles. The first-order valence-corrected chi connectivity index (χ1v) is 12.6. The van der Waals surface area contributed by atoms with Gasteiger partial charge in [-0.05, 0) is 66.8 Å². The van der Waals surface area contributed by atoms with Crippen molar-refractivity contribution >= 4 is 34.5 Å². The molecule has 1 aliphatic heterocycles. The molecule has 1 unspecified atom stereocenters. The van der Waals surface area contributed by atoms with Crippen molar-refractivity contribution in [1.82, 2.24) is 0 Å².